The fourth-order valence-corrected chi connectivity index (χ4v) is 3.90. The van der Waals surface area contributed by atoms with E-state index in [-0.39, 0.29) is 12.5 Å². The molecule has 0 fully saturated rings. The van der Waals surface area contributed by atoms with Gasteiger partial charge in [0, 0.05) is 16.0 Å². The van der Waals surface area contributed by atoms with Crippen LogP contribution in [0, 0.1) is 13.8 Å². The smallest absolute Gasteiger partial charge is 0.262 e. The van der Waals surface area contributed by atoms with E-state index in [0.29, 0.717) is 5.88 Å². The van der Waals surface area contributed by atoms with Gasteiger partial charge in [-0.05, 0) is 30.9 Å². The van der Waals surface area contributed by atoms with Crippen molar-refractivity contribution in [2.24, 2.45) is 0 Å². The zero-order valence-corrected chi connectivity index (χ0v) is 15.3. The van der Waals surface area contributed by atoms with Gasteiger partial charge in [0.1, 0.15) is 11.2 Å². The van der Waals surface area contributed by atoms with Gasteiger partial charge in [-0.15, -0.1) is 11.3 Å². The van der Waals surface area contributed by atoms with Gasteiger partial charge in [0.05, 0.1) is 5.39 Å². The van der Waals surface area contributed by atoms with E-state index in [9.17, 15) is 4.79 Å². The van der Waals surface area contributed by atoms with Crippen molar-refractivity contribution in [2.75, 3.05) is 11.9 Å². The Hall–Kier alpha value is -2.99. The lowest BCUT2D eigenvalue weighted by atomic mass is 10.1. The highest BCUT2D eigenvalue weighted by atomic mass is 32.1. The Balaban J connectivity index is 1.53. The molecule has 26 heavy (non-hydrogen) atoms. The normalized spacial score (nSPS) is 11.0. The van der Waals surface area contributed by atoms with Crippen molar-refractivity contribution in [1.29, 1.82) is 0 Å². The number of hydrogen-bond donors (Lipinski definition) is 1. The lowest BCUT2D eigenvalue weighted by molar-refractivity contribution is -0.118. The number of amides is 1. The second kappa shape index (κ2) is 6.72. The van der Waals surface area contributed by atoms with Crippen molar-refractivity contribution in [3.8, 4) is 5.88 Å². The molecule has 6 heteroatoms. The van der Waals surface area contributed by atoms with Crippen LogP contribution in [0.2, 0.25) is 0 Å². The van der Waals surface area contributed by atoms with Crippen LogP contribution >= 0.6 is 11.3 Å². The van der Waals surface area contributed by atoms with E-state index in [1.807, 2.05) is 56.3 Å². The fraction of sp³-hybridized carbons (Fsp3) is 0.150. The number of anilines is 1. The minimum Gasteiger partial charge on any atom is -0.467 e. The molecule has 2 heterocycles. The summed E-state index contributed by atoms with van der Waals surface area (Å²) in [6.07, 6.45) is 1.47. The van der Waals surface area contributed by atoms with Crippen LogP contribution in [0.4, 0.5) is 5.69 Å². The summed E-state index contributed by atoms with van der Waals surface area (Å²) < 4.78 is 5.70. The summed E-state index contributed by atoms with van der Waals surface area (Å²) >= 11 is 1.60. The van der Waals surface area contributed by atoms with Crippen LogP contribution in [-0.2, 0) is 4.79 Å². The van der Waals surface area contributed by atoms with Crippen molar-refractivity contribution in [1.82, 2.24) is 9.97 Å². The summed E-state index contributed by atoms with van der Waals surface area (Å²) in [4.78, 5) is 22.9. The molecule has 2 aromatic heterocycles. The molecule has 0 aliphatic heterocycles. The number of benzene rings is 2. The molecule has 0 spiro atoms. The maximum Gasteiger partial charge on any atom is 0.262 e. The first-order chi connectivity index (χ1) is 12.6. The molecule has 2 aromatic carbocycles. The number of thiophene rings is 1. The lowest BCUT2D eigenvalue weighted by Gasteiger charge is -2.10. The third-order valence-electron chi connectivity index (χ3n) is 4.33. The van der Waals surface area contributed by atoms with Gasteiger partial charge in [-0.1, -0.05) is 36.4 Å². The Morgan fingerprint density at radius 3 is 2.81 bits per heavy atom. The Bertz CT molecular complexity index is 1120. The third kappa shape index (κ3) is 2.99. The highest BCUT2D eigenvalue weighted by Crippen LogP contribution is 2.33. The number of hydrogen-bond acceptors (Lipinski definition) is 5. The van der Waals surface area contributed by atoms with E-state index in [4.69, 9.17) is 4.74 Å². The zero-order chi connectivity index (χ0) is 18.1. The van der Waals surface area contributed by atoms with Crippen LogP contribution in [-0.4, -0.2) is 22.5 Å². The van der Waals surface area contributed by atoms with Gasteiger partial charge in [0.15, 0.2) is 6.61 Å². The van der Waals surface area contributed by atoms with Crippen molar-refractivity contribution in [3.05, 3.63) is 59.2 Å². The monoisotopic (exact) mass is 363 g/mol. The average Bonchev–Trinajstić information content (AvgIpc) is 2.95. The fourth-order valence-electron chi connectivity index (χ4n) is 2.91. The molecule has 1 amide bonds. The minimum atomic E-state index is -0.224. The number of ether oxygens (including phenoxy) is 1. The molecule has 0 unspecified atom stereocenters. The molecule has 5 nitrogen and oxygen atoms in total. The highest BCUT2D eigenvalue weighted by molar-refractivity contribution is 7.18. The van der Waals surface area contributed by atoms with Crippen molar-refractivity contribution in [2.45, 2.75) is 13.8 Å². The molecule has 0 aliphatic rings. The van der Waals surface area contributed by atoms with E-state index in [2.05, 4.69) is 15.3 Å². The van der Waals surface area contributed by atoms with Crippen LogP contribution in [0.1, 0.15) is 10.4 Å². The predicted molar refractivity (Wildman–Crippen MR) is 105 cm³/mol. The topological polar surface area (TPSA) is 64.1 Å². The van der Waals surface area contributed by atoms with E-state index in [1.54, 1.807) is 11.3 Å². The van der Waals surface area contributed by atoms with Gasteiger partial charge >= 0.3 is 0 Å². The summed E-state index contributed by atoms with van der Waals surface area (Å²) in [7, 11) is 0. The van der Waals surface area contributed by atoms with Gasteiger partial charge < -0.3 is 10.1 Å². The van der Waals surface area contributed by atoms with Gasteiger partial charge in [-0.3, -0.25) is 4.79 Å². The number of carbonyl (C=O) groups excluding carboxylic acids is 1. The second-order valence-corrected chi connectivity index (χ2v) is 7.21. The van der Waals surface area contributed by atoms with Gasteiger partial charge in [0.2, 0.25) is 5.88 Å². The van der Waals surface area contributed by atoms with Crippen molar-refractivity contribution >= 4 is 43.9 Å². The molecule has 4 aromatic rings. The van der Waals surface area contributed by atoms with E-state index in [1.165, 1.54) is 11.2 Å². The molecule has 0 atom stereocenters. The molecular weight excluding hydrogens is 346 g/mol. The number of aromatic nitrogens is 2. The number of aryl methyl sites for hydroxylation is 2. The standard InChI is InChI=1S/C20H17N3O2S/c1-12-13(2)26-20-18(12)19(21-11-22-20)25-10-17(24)23-16-9-5-7-14-6-3-4-8-15(14)16/h3-9,11H,10H2,1-2H3,(H,23,24). The maximum atomic E-state index is 12.4. The molecule has 4 rings (SSSR count). The Kier molecular flexibility index (Phi) is 4.26. The molecular formula is C20H17N3O2S. The molecule has 0 saturated heterocycles. The second-order valence-electron chi connectivity index (χ2n) is 6.01. The van der Waals surface area contributed by atoms with E-state index in [0.717, 1.165) is 32.2 Å². The third-order valence-corrected chi connectivity index (χ3v) is 5.45. The molecule has 0 saturated carbocycles. The number of fused-ring (bicyclic) bond motifs is 2. The minimum absolute atomic E-state index is 0.107. The predicted octanol–water partition coefficient (Wildman–Crippen LogP) is 4.48. The van der Waals surface area contributed by atoms with E-state index < -0.39 is 0 Å². The SMILES string of the molecule is Cc1sc2ncnc(OCC(=O)Nc3cccc4ccccc34)c2c1C. The van der Waals surface area contributed by atoms with Crippen molar-refractivity contribution in [3.63, 3.8) is 0 Å². The molecule has 130 valence electrons. The lowest BCUT2D eigenvalue weighted by Crippen LogP contribution is -2.20. The number of carbonyl (C=O) groups is 1. The number of nitrogens with zero attached hydrogens (tertiary/aromatic N) is 2. The van der Waals surface area contributed by atoms with Gasteiger partial charge in [-0.2, -0.15) is 0 Å². The summed E-state index contributed by atoms with van der Waals surface area (Å²) in [6.45, 7) is 3.95. The summed E-state index contributed by atoms with van der Waals surface area (Å²) in [5, 5.41) is 5.87. The molecule has 0 bridgehead atoms. The Morgan fingerprint density at radius 1 is 1.12 bits per heavy atom. The molecule has 0 radical (unpaired) electrons. The highest BCUT2D eigenvalue weighted by Gasteiger charge is 2.14. The van der Waals surface area contributed by atoms with E-state index >= 15 is 0 Å². The Labute approximate surface area is 154 Å². The van der Waals surface area contributed by atoms with Crippen LogP contribution in [0.25, 0.3) is 21.0 Å². The number of nitrogens with one attached hydrogen (secondary N) is 1. The summed E-state index contributed by atoms with van der Waals surface area (Å²) in [6, 6.07) is 13.7. The average molecular weight is 363 g/mol. The molecule has 0 aliphatic carbocycles. The first-order valence-corrected chi connectivity index (χ1v) is 9.06. The molecule has 1 N–H and O–H groups in total. The first-order valence-electron chi connectivity index (χ1n) is 8.24. The van der Waals surface area contributed by atoms with Crippen molar-refractivity contribution < 1.29 is 9.53 Å². The summed E-state index contributed by atoms with van der Waals surface area (Å²) in [5.74, 6) is 0.225. The quantitative estimate of drug-likeness (QED) is 0.581. The first kappa shape index (κ1) is 16.5. The van der Waals surface area contributed by atoms with Crippen LogP contribution in [0.15, 0.2) is 48.8 Å². The van der Waals surface area contributed by atoms with Gasteiger partial charge in [-0.25, -0.2) is 9.97 Å². The van der Waals surface area contributed by atoms with Crippen LogP contribution in [0.5, 0.6) is 5.88 Å². The van der Waals surface area contributed by atoms with Crippen LogP contribution in [0.3, 0.4) is 0 Å². The zero-order valence-electron chi connectivity index (χ0n) is 14.4. The maximum absolute atomic E-state index is 12.4. The number of rotatable bonds is 4. The largest absolute Gasteiger partial charge is 0.467 e. The Morgan fingerprint density at radius 2 is 1.92 bits per heavy atom. The summed E-state index contributed by atoms with van der Waals surface area (Å²) in [5.41, 5.74) is 1.86. The van der Waals surface area contributed by atoms with Gasteiger partial charge in [0.25, 0.3) is 5.91 Å². The van der Waals surface area contributed by atoms with Crippen LogP contribution < -0.4 is 10.1 Å².